The smallest absolute Gasteiger partial charge is 0.0488 e. The lowest BCUT2D eigenvalue weighted by Crippen LogP contribution is -2.15. The molecule has 0 amide bonds. The highest BCUT2D eigenvalue weighted by molar-refractivity contribution is 6.32. The van der Waals surface area contributed by atoms with Crippen LogP contribution in [0.1, 0.15) is 12.5 Å². The van der Waals surface area contributed by atoms with Gasteiger partial charge in [0.15, 0.2) is 0 Å². The van der Waals surface area contributed by atoms with Gasteiger partial charge in [-0.25, -0.2) is 0 Å². The molecule has 0 bridgehead atoms. The van der Waals surface area contributed by atoms with Gasteiger partial charge >= 0.3 is 0 Å². The Balaban J connectivity index is 2.37. The monoisotopic (exact) mass is 279 g/mol. The number of nitrogens with zero attached hydrogens (tertiary/aromatic N) is 1. The standard InChI is InChI=1S/C15H15Cl2N/c1-2-18(13-6-4-3-5-7-13)14-9-8-12(11-16)15(17)10-14/h3-10H,2,11H2,1H3. The van der Waals surface area contributed by atoms with E-state index in [1.54, 1.807) is 0 Å². The summed E-state index contributed by atoms with van der Waals surface area (Å²) in [5, 5.41) is 0.719. The van der Waals surface area contributed by atoms with Crippen LogP contribution in [-0.2, 0) is 5.88 Å². The molecule has 0 unspecified atom stereocenters. The van der Waals surface area contributed by atoms with E-state index in [1.807, 2.05) is 30.3 Å². The van der Waals surface area contributed by atoms with E-state index in [9.17, 15) is 0 Å². The number of para-hydroxylation sites is 1. The highest BCUT2D eigenvalue weighted by Crippen LogP contribution is 2.29. The largest absolute Gasteiger partial charge is 0.342 e. The van der Waals surface area contributed by atoms with E-state index in [0.29, 0.717) is 5.88 Å². The first kappa shape index (κ1) is 13.3. The molecule has 1 nitrogen and oxygen atoms in total. The molecule has 0 aliphatic carbocycles. The molecule has 0 N–H and O–H groups in total. The third kappa shape index (κ3) is 2.80. The first-order chi connectivity index (χ1) is 8.76. The fourth-order valence-corrected chi connectivity index (χ4v) is 2.48. The quantitative estimate of drug-likeness (QED) is 0.692. The van der Waals surface area contributed by atoms with Gasteiger partial charge in [-0.2, -0.15) is 0 Å². The van der Waals surface area contributed by atoms with Crippen molar-refractivity contribution in [3.05, 3.63) is 59.1 Å². The molecule has 3 heteroatoms. The Kier molecular flexibility index (Phi) is 4.51. The van der Waals surface area contributed by atoms with Crippen molar-refractivity contribution in [1.29, 1.82) is 0 Å². The van der Waals surface area contributed by atoms with Crippen LogP contribution in [0.2, 0.25) is 5.02 Å². The predicted octanol–water partition coefficient (Wildman–Crippen LogP) is 5.24. The van der Waals surface area contributed by atoms with Crippen molar-refractivity contribution in [2.75, 3.05) is 11.4 Å². The van der Waals surface area contributed by atoms with Gasteiger partial charge in [0, 0.05) is 28.8 Å². The van der Waals surface area contributed by atoms with Crippen LogP contribution in [0.3, 0.4) is 0 Å². The van der Waals surface area contributed by atoms with Crippen molar-refractivity contribution in [3.63, 3.8) is 0 Å². The molecule has 0 aromatic heterocycles. The molecule has 0 saturated carbocycles. The summed E-state index contributed by atoms with van der Waals surface area (Å²) >= 11 is 12.0. The maximum absolute atomic E-state index is 6.21. The third-order valence-corrected chi connectivity index (χ3v) is 3.52. The molecule has 0 spiro atoms. The minimum atomic E-state index is 0.441. The molecule has 0 atom stereocenters. The second-order valence-corrected chi connectivity index (χ2v) is 4.66. The first-order valence-corrected chi connectivity index (χ1v) is 6.84. The van der Waals surface area contributed by atoms with Crippen LogP contribution in [0.15, 0.2) is 48.5 Å². The van der Waals surface area contributed by atoms with Gasteiger partial charge < -0.3 is 4.90 Å². The number of halogens is 2. The van der Waals surface area contributed by atoms with Crippen molar-refractivity contribution < 1.29 is 0 Å². The maximum Gasteiger partial charge on any atom is 0.0488 e. The summed E-state index contributed by atoms with van der Waals surface area (Å²) in [6.07, 6.45) is 0. The average Bonchev–Trinajstić information content (AvgIpc) is 2.41. The van der Waals surface area contributed by atoms with Crippen LogP contribution in [0, 0.1) is 0 Å². The maximum atomic E-state index is 6.21. The molecule has 18 heavy (non-hydrogen) atoms. The Bertz CT molecular complexity index is 511. The van der Waals surface area contributed by atoms with Gasteiger partial charge in [-0.05, 0) is 36.8 Å². The summed E-state index contributed by atoms with van der Waals surface area (Å²) in [6.45, 7) is 3.01. The highest BCUT2D eigenvalue weighted by atomic mass is 35.5. The van der Waals surface area contributed by atoms with E-state index in [4.69, 9.17) is 23.2 Å². The molecule has 2 aromatic rings. The van der Waals surface area contributed by atoms with Crippen molar-refractivity contribution in [3.8, 4) is 0 Å². The van der Waals surface area contributed by atoms with Crippen LogP contribution in [0.25, 0.3) is 0 Å². The molecule has 94 valence electrons. The van der Waals surface area contributed by atoms with Crippen molar-refractivity contribution >= 4 is 34.6 Å². The number of alkyl halides is 1. The van der Waals surface area contributed by atoms with E-state index in [2.05, 4.69) is 30.0 Å². The molecule has 0 aliphatic rings. The van der Waals surface area contributed by atoms with Crippen LogP contribution >= 0.6 is 23.2 Å². The first-order valence-electron chi connectivity index (χ1n) is 5.93. The van der Waals surface area contributed by atoms with E-state index in [0.717, 1.165) is 28.5 Å². The molecule has 0 radical (unpaired) electrons. The Hall–Kier alpha value is -1.18. The summed E-state index contributed by atoms with van der Waals surface area (Å²) in [4.78, 5) is 2.21. The van der Waals surface area contributed by atoms with Gasteiger partial charge in [0.05, 0.1) is 0 Å². The third-order valence-electron chi connectivity index (χ3n) is 2.88. The lowest BCUT2D eigenvalue weighted by molar-refractivity contribution is 1.02. The van der Waals surface area contributed by atoms with Gasteiger partial charge in [-0.1, -0.05) is 35.9 Å². The van der Waals surface area contributed by atoms with Gasteiger partial charge in [-0.3, -0.25) is 0 Å². The summed E-state index contributed by atoms with van der Waals surface area (Å²) in [5.74, 6) is 0.441. The minimum Gasteiger partial charge on any atom is -0.342 e. The predicted molar refractivity (Wildman–Crippen MR) is 80.1 cm³/mol. The topological polar surface area (TPSA) is 3.24 Å². The zero-order valence-corrected chi connectivity index (χ0v) is 11.7. The Morgan fingerprint density at radius 2 is 1.72 bits per heavy atom. The lowest BCUT2D eigenvalue weighted by atomic mass is 10.2. The van der Waals surface area contributed by atoms with Gasteiger partial charge in [0.1, 0.15) is 0 Å². The minimum absolute atomic E-state index is 0.441. The summed E-state index contributed by atoms with van der Waals surface area (Å²) < 4.78 is 0. The molecule has 0 aliphatic heterocycles. The normalized spacial score (nSPS) is 10.4. The van der Waals surface area contributed by atoms with Crippen LogP contribution in [0.4, 0.5) is 11.4 Å². The number of hydrogen-bond donors (Lipinski definition) is 0. The number of rotatable bonds is 4. The second kappa shape index (κ2) is 6.12. The van der Waals surface area contributed by atoms with Crippen molar-refractivity contribution in [2.45, 2.75) is 12.8 Å². The number of hydrogen-bond acceptors (Lipinski definition) is 1. The lowest BCUT2D eigenvalue weighted by Gasteiger charge is -2.23. The fraction of sp³-hybridized carbons (Fsp3) is 0.200. The SMILES string of the molecule is CCN(c1ccccc1)c1ccc(CCl)c(Cl)c1. The van der Waals surface area contributed by atoms with Gasteiger partial charge in [0.2, 0.25) is 0 Å². The van der Waals surface area contributed by atoms with Crippen molar-refractivity contribution in [1.82, 2.24) is 0 Å². The van der Waals surface area contributed by atoms with E-state index < -0.39 is 0 Å². The zero-order chi connectivity index (χ0) is 13.0. The molecular formula is C15H15Cl2N. The summed E-state index contributed by atoms with van der Waals surface area (Å²) in [7, 11) is 0. The van der Waals surface area contributed by atoms with Gasteiger partial charge in [0.25, 0.3) is 0 Å². The number of anilines is 2. The molecule has 0 fully saturated rings. The molecule has 2 aromatic carbocycles. The van der Waals surface area contributed by atoms with Crippen LogP contribution in [0.5, 0.6) is 0 Å². The molecule has 0 saturated heterocycles. The van der Waals surface area contributed by atoms with Crippen molar-refractivity contribution in [2.24, 2.45) is 0 Å². The zero-order valence-electron chi connectivity index (χ0n) is 10.2. The molecule has 2 rings (SSSR count). The van der Waals surface area contributed by atoms with E-state index in [1.165, 1.54) is 0 Å². The molecular weight excluding hydrogens is 265 g/mol. The molecule has 0 heterocycles. The second-order valence-electron chi connectivity index (χ2n) is 3.99. The Morgan fingerprint density at radius 1 is 1.00 bits per heavy atom. The summed E-state index contributed by atoms with van der Waals surface area (Å²) in [5.41, 5.74) is 3.21. The number of benzene rings is 2. The Labute approximate surface area is 118 Å². The Morgan fingerprint density at radius 3 is 2.28 bits per heavy atom. The van der Waals surface area contributed by atoms with Crippen LogP contribution in [-0.4, -0.2) is 6.54 Å². The highest BCUT2D eigenvalue weighted by Gasteiger charge is 2.08. The van der Waals surface area contributed by atoms with Gasteiger partial charge in [-0.15, -0.1) is 11.6 Å². The fourth-order valence-electron chi connectivity index (χ4n) is 1.93. The van der Waals surface area contributed by atoms with E-state index in [-0.39, 0.29) is 0 Å². The van der Waals surface area contributed by atoms with E-state index >= 15 is 0 Å². The average molecular weight is 280 g/mol. The van der Waals surface area contributed by atoms with Crippen LogP contribution < -0.4 is 4.90 Å². The summed E-state index contributed by atoms with van der Waals surface area (Å²) in [6, 6.07) is 16.3.